The first-order valence-corrected chi connectivity index (χ1v) is 5.10. The van der Waals surface area contributed by atoms with Gasteiger partial charge in [-0.1, -0.05) is 32.0 Å². The zero-order chi connectivity index (χ0) is 11.3. The van der Waals surface area contributed by atoms with Gasteiger partial charge in [0.25, 0.3) is 0 Å². The standard InChI is InChI=1S/C12H17NO2/c1-9(2)8-15-12(14)11-6-4-3-5-10(11)7-13/h3-6,9H,7-8,13H2,1-2H3. The van der Waals surface area contributed by atoms with Gasteiger partial charge < -0.3 is 10.5 Å². The van der Waals surface area contributed by atoms with Gasteiger partial charge in [-0.2, -0.15) is 0 Å². The number of hydrogen-bond donors (Lipinski definition) is 1. The van der Waals surface area contributed by atoms with Gasteiger partial charge in [0.1, 0.15) is 0 Å². The highest BCUT2D eigenvalue weighted by molar-refractivity contribution is 5.91. The van der Waals surface area contributed by atoms with Crippen molar-refractivity contribution >= 4 is 5.97 Å². The molecule has 0 saturated heterocycles. The lowest BCUT2D eigenvalue weighted by molar-refractivity contribution is 0.0457. The van der Waals surface area contributed by atoms with Crippen molar-refractivity contribution in [2.75, 3.05) is 6.61 Å². The summed E-state index contributed by atoms with van der Waals surface area (Å²) in [5.41, 5.74) is 6.93. The molecule has 1 aromatic rings. The molecular weight excluding hydrogens is 190 g/mol. The first-order chi connectivity index (χ1) is 7.15. The van der Waals surface area contributed by atoms with Crippen LogP contribution in [-0.4, -0.2) is 12.6 Å². The van der Waals surface area contributed by atoms with Crippen molar-refractivity contribution in [1.82, 2.24) is 0 Å². The molecular formula is C12H17NO2. The van der Waals surface area contributed by atoms with Gasteiger partial charge in [0.05, 0.1) is 12.2 Å². The molecule has 3 heteroatoms. The van der Waals surface area contributed by atoms with Crippen LogP contribution in [-0.2, 0) is 11.3 Å². The van der Waals surface area contributed by atoms with Crippen molar-refractivity contribution in [3.05, 3.63) is 35.4 Å². The summed E-state index contributed by atoms with van der Waals surface area (Å²) in [4.78, 5) is 11.7. The number of benzene rings is 1. The Bertz CT molecular complexity index is 334. The van der Waals surface area contributed by atoms with Crippen LogP contribution in [0.5, 0.6) is 0 Å². The summed E-state index contributed by atoms with van der Waals surface area (Å²) in [5.74, 6) is 0.0590. The zero-order valence-corrected chi connectivity index (χ0v) is 9.19. The molecule has 0 fully saturated rings. The second-order valence-electron chi connectivity index (χ2n) is 3.85. The Kier molecular flexibility index (Phi) is 4.31. The maximum Gasteiger partial charge on any atom is 0.338 e. The molecule has 0 aliphatic rings. The molecule has 0 aliphatic heterocycles. The molecule has 3 nitrogen and oxygen atoms in total. The number of hydrogen-bond acceptors (Lipinski definition) is 3. The smallest absolute Gasteiger partial charge is 0.338 e. The summed E-state index contributed by atoms with van der Waals surface area (Å²) in [6.07, 6.45) is 0. The number of esters is 1. The first-order valence-electron chi connectivity index (χ1n) is 5.10. The highest BCUT2D eigenvalue weighted by Gasteiger charge is 2.11. The number of ether oxygens (including phenoxy) is 1. The molecule has 0 spiro atoms. The minimum absolute atomic E-state index is 0.287. The van der Waals surface area contributed by atoms with E-state index in [1.807, 2.05) is 32.0 Å². The molecule has 0 radical (unpaired) electrons. The van der Waals surface area contributed by atoms with Gasteiger partial charge >= 0.3 is 5.97 Å². The van der Waals surface area contributed by atoms with Crippen molar-refractivity contribution in [2.24, 2.45) is 11.7 Å². The topological polar surface area (TPSA) is 52.3 Å². The van der Waals surface area contributed by atoms with Crippen LogP contribution in [0, 0.1) is 5.92 Å². The number of carbonyl (C=O) groups excluding carboxylic acids is 1. The van der Waals surface area contributed by atoms with Crippen LogP contribution < -0.4 is 5.73 Å². The maximum absolute atomic E-state index is 11.7. The monoisotopic (exact) mass is 207 g/mol. The SMILES string of the molecule is CC(C)COC(=O)c1ccccc1CN. The van der Waals surface area contributed by atoms with Crippen LogP contribution >= 0.6 is 0 Å². The molecule has 0 atom stereocenters. The molecule has 0 unspecified atom stereocenters. The number of rotatable bonds is 4. The number of carbonyl (C=O) groups is 1. The highest BCUT2D eigenvalue weighted by Crippen LogP contribution is 2.10. The van der Waals surface area contributed by atoms with E-state index in [2.05, 4.69) is 0 Å². The predicted molar refractivity (Wildman–Crippen MR) is 59.5 cm³/mol. The Hall–Kier alpha value is -1.35. The zero-order valence-electron chi connectivity index (χ0n) is 9.19. The summed E-state index contributed by atoms with van der Waals surface area (Å²) in [6.45, 7) is 4.80. The van der Waals surface area contributed by atoms with Gasteiger partial charge in [-0.3, -0.25) is 0 Å². The van der Waals surface area contributed by atoms with Crippen molar-refractivity contribution in [2.45, 2.75) is 20.4 Å². The molecule has 0 amide bonds. The van der Waals surface area contributed by atoms with E-state index in [4.69, 9.17) is 10.5 Å². The summed E-state index contributed by atoms with van der Waals surface area (Å²) in [5, 5.41) is 0. The molecule has 2 N–H and O–H groups in total. The van der Waals surface area contributed by atoms with Gasteiger partial charge in [-0.05, 0) is 17.5 Å². The Morgan fingerprint density at radius 3 is 2.67 bits per heavy atom. The van der Waals surface area contributed by atoms with E-state index in [-0.39, 0.29) is 5.97 Å². The van der Waals surface area contributed by atoms with Crippen molar-refractivity contribution in [3.8, 4) is 0 Å². The minimum atomic E-state index is -0.287. The van der Waals surface area contributed by atoms with E-state index in [1.165, 1.54) is 0 Å². The molecule has 82 valence electrons. The van der Waals surface area contributed by atoms with Crippen LogP contribution in [0.4, 0.5) is 0 Å². The van der Waals surface area contributed by atoms with E-state index in [0.717, 1.165) is 5.56 Å². The Balaban J connectivity index is 2.72. The number of nitrogens with two attached hydrogens (primary N) is 1. The van der Waals surface area contributed by atoms with Crippen molar-refractivity contribution < 1.29 is 9.53 Å². The molecule has 0 saturated carbocycles. The second-order valence-corrected chi connectivity index (χ2v) is 3.85. The first kappa shape index (κ1) is 11.7. The van der Waals surface area contributed by atoms with E-state index in [0.29, 0.717) is 24.6 Å². The Labute approximate surface area is 90.2 Å². The minimum Gasteiger partial charge on any atom is -0.462 e. The van der Waals surface area contributed by atoms with Crippen LogP contribution in [0.3, 0.4) is 0 Å². The van der Waals surface area contributed by atoms with Gasteiger partial charge in [0, 0.05) is 6.54 Å². The average Bonchev–Trinajstić information content (AvgIpc) is 2.25. The third-order valence-corrected chi connectivity index (χ3v) is 2.00. The summed E-state index contributed by atoms with van der Waals surface area (Å²) >= 11 is 0. The van der Waals surface area contributed by atoms with Crippen LogP contribution in [0.15, 0.2) is 24.3 Å². The predicted octanol–water partition coefficient (Wildman–Crippen LogP) is 1.96. The fourth-order valence-corrected chi connectivity index (χ4v) is 1.22. The molecule has 0 aliphatic carbocycles. The lowest BCUT2D eigenvalue weighted by Gasteiger charge is -2.09. The molecule has 1 rings (SSSR count). The summed E-state index contributed by atoms with van der Waals surface area (Å²) < 4.78 is 5.14. The fraction of sp³-hybridized carbons (Fsp3) is 0.417. The normalized spacial score (nSPS) is 10.4. The largest absolute Gasteiger partial charge is 0.462 e. The van der Waals surface area contributed by atoms with Crippen LogP contribution in [0.2, 0.25) is 0 Å². The maximum atomic E-state index is 11.7. The van der Waals surface area contributed by atoms with Gasteiger partial charge in [-0.25, -0.2) is 4.79 Å². The molecule has 0 bridgehead atoms. The quantitative estimate of drug-likeness (QED) is 0.768. The molecule has 15 heavy (non-hydrogen) atoms. The third-order valence-electron chi connectivity index (χ3n) is 2.00. The highest BCUT2D eigenvalue weighted by atomic mass is 16.5. The summed E-state index contributed by atoms with van der Waals surface area (Å²) in [7, 11) is 0. The molecule has 0 heterocycles. The second kappa shape index (κ2) is 5.51. The van der Waals surface area contributed by atoms with E-state index in [9.17, 15) is 4.79 Å². The van der Waals surface area contributed by atoms with E-state index >= 15 is 0 Å². The van der Waals surface area contributed by atoms with Crippen LogP contribution in [0.1, 0.15) is 29.8 Å². The van der Waals surface area contributed by atoms with Crippen molar-refractivity contribution in [1.29, 1.82) is 0 Å². The van der Waals surface area contributed by atoms with Gasteiger partial charge in [-0.15, -0.1) is 0 Å². The van der Waals surface area contributed by atoms with E-state index in [1.54, 1.807) is 6.07 Å². The third kappa shape index (κ3) is 3.36. The lowest BCUT2D eigenvalue weighted by Crippen LogP contribution is -2.13. The Morgan fingerprint density at radius 2 is 2.07 bits per heavy atom. The fourth-order valence-electron chi connectivity index (χ4n) is 1.22. The van der Waals surface area contributed by atoms with Crippen molar-refractivity contribution in [3.63, 3.8) is 0 Å². The molecule has 1 aromatic carbocycles. The van der Waals surface area contributed by atoms with Crippen LogP contribution in [0.25, 0.3) is 0 Å². The van der Waals surface area contributed by atoms with E-state index < -0.39 is 0 Å². The summed E-state index contributed by atoms with van der Waals surface area (Å²) in [6, 6.07) is 7.25. The Morgan fingerprint density at radius 1 is 1.40 bits per heavy atom. The van der Waals surface area contributed by atoms with Gasteiger partial charge in [0.15, 0.2) is 0 Å². The van der Waals surface area contributed by atoms with Gasteiger partial charge in [0.2, 0.25) is 0 Å². The lowest BCUT2D eigenvalue weighted by atomic mass is 10.1. The average molecular weight is 207 g/mol. The molecule has 0 aromatic heterocycles.